The molecule has 0 amide bonds. The lowest BCUT2D eigenvalue weighted by molar-refractivity contribution is 0.955. The third-order valence-electron chi connectivity index (χ3n) is 9.48. The topological polar surface area (TPSA) is 43.6 Å². The van der Waals surface area contributed by atoms with Gasteiger partial charge in [0.1, 0.15) is 0 Å². The first-order chi connectivity index (χ1) is 24.8. The van der Waals surface area contributed by atoms with E-state index in [9.17, 15) is 0 Å². The predicted molar refractivity (Wildman–Crippen MR) is 209 cm³/mol. The Balaban J connectivity index is 1.25. The Kier molecular flexibility index (Phi) is 6.64. The van der Waals surface area contributed by atoms with Crippen LogP contribution < -0.4 is 0 Å². The van der Waals surface area contributed by atoms with Crippen molar-refractivity contribution in [3.8, 4) is 51.0 Å². The van der Waals surface area contributed by atoms with E-state index in [1.807, 2.05) is 23.5 Å². The van der Waals surface area contributed by atoms with Gasteiger partial charge in [-0.2, -0.15) is 9.97 Å². The Hall–Kier alpha value is -6.43. The van der Waals surface area contributed by atoms with Gasteiger partial charge in [0.15, 0.2) is 11.6 Å². The minimum absolute atomic E-state index is 0.594. The Morgan fingerprint density at radius 1 is 0.380 bits per heavy atom. The summed E-state index contributed by atoms with van der Waals surface area (Å²) in [5.74, 6) is 1.85. The fourth-order valence-corrected chi connectivity index (χ4v) is 8.21. The minimum atomic E-state index is 0.594. The molecule has 0 fully saturated rings. The zero-order valence-corrected chi connectivity index (χ0v) is 27.7. The predicted octanol–water partition coefficient (Wildman–Crippen LogP) is 12.0. The van der Waals surface area contributed by atoms with E-state index >= 15 is 0 Å². The molecule has 0 aliphatic carbocycles. The van der Waals surface area contributed by atoms with Crippen molar-refractivity contribution < 1.29 is 0 Å². The van der Waals surface area contributed by atoms with Gasteiger partial charge in [-0.15, -0.1) is 11.3 Å². The highest BCUT2D eigenvalue weighted by atomic mass is 32.1. The molecular formula is C45H28N4S. The number of thiophene rings is 1. The highest BCUT2D eigenvalue weighted by Gasteiger charge is 2.21. The maximum Gasteiger partial charge on any atom is 0.238 e. The Labute approximate surface area is 292 Å². The number of aromatic nitrogens is 4. The van der Waals surface area contributed by atoms with Crippen LogP contribution in [0.25, 0.3) is 93.0 Å². The van der Waals surface area contributed by atoms with Gasteiger partial charge < -0.3 is 0 Å². The van der Waals surface area contributed by atoms with Gasteiger partial charge in [-0.1, -0.05) is 146 Å². The zero-order valence-electron chi connectivity index (χ0n) is 26.9. The maximum atomic E-state index is 5.29. The molecule has 10 aromatic rings. The van der Waals surface area contributed by atoms with E-state index in [1.165, 1.54) is 36.5 Å². The van der Waals surface area contributed by atoms with E-state index in [0.717, 1.165) is 38.9 Å². The lowest BCUT2D eigenvalue weighted by Crippen LogP contribution is -2.06. The van der Waals surface area contributed by atoms with Crippen LogP contribution in [0.15, 0.2) is 170 Å². The minimum Gasteiger partial charge on any atom is -0.277 e. The summed E-state index contributed by atoms with van der Waals surface area (Å²) in [7, 11) is 0. The summed E-state index contributed by atoms with van der Waals surface area (Å²) in [4.78, 5) is 15.7. The molecule has 0 unspecified atom stereocenters. The van der Waals surface area contributed by atoms with Gasteiger partial charge in [0.25, 0.3) is 0 Å². The molecule has 0 N–H and O–H groups in total. The monoisotopic (exact) mass is 656 g/mol. The molecule has 234 valence electrons. The average Bonchev–Trinajstić information content (AvgIpc) is 3.74. The summed E-state index contributed by atoms with van der Waals surface area (Å²) < 4.78 is 4.75. The molecule has 7 aromatic carbocycles. The van der Waals surface area contributed by atoms with Gasteiger partial charge in [-0.05, 0) is 46.5 Å². The van der Waals surface area contributed by atoms with Crippen LogP contribution in [-0.2, 0) is 0 Å². The van der Waals surface area contributed by atoms with Crippen molar-refractivity contribution in [3.63, 3.8) is 0 Å². The molecule has 4 nitrogen and oxygen atoms in total. The average molecular weight is 657 g/mol. The van der Waals surface area contributed by atoms with E-state index < -0.39 is 0 Å². The standard InChI is InChI=1S/C45H28N4S/c1-3-12-29(13-4-1)31-22-24-32(25-23-31)43-46-44(34-17-11-16-33(28-34)30-14-5-2-6-15-30)48-45(47-43)49-38-20-9-7-18-35(38)36-26-27-40-41(42(36)49)37-19-8-10-21-39(37)50-40/h1-28H. The number of hydrogen-bond acceptors (Lipinski definition) is 4. The number of hydrogen-bond donors (Lipinski definition) is 0. The summed E-state index contributed by atoms with van der Waals surface area (Å²) in [5.41, 5.74) is 8.62. The third-order valence-corrected chi connectivity index (χ3v) is 10.6. The summed E-state index contributed by atoms with van der Waals surface area (Å²) in [6, 6.07) is 59.6. The quantitative estimate of drug-likeness (QED) is 0.185. The second-order valence-electron chi connectivity index (χ2n) is 12.5. The number of para-hydroxylation sites is 1. The smallest absolute Gasteiger partial charge is 0.238 e. The van der Waals surface area contributed by atoms with Crippen molar-refractivity contribution in [1.29, 1.82) is 0 Å². The van der Waals surface area contributed by atoms with Crippen molar-refractivity contribution >= 4 is 53.3 Å². The molecule has 3 aromatic heterocycles. The molecule has 0 saturated carbocycles. The lowest BCUT2D eigenvalue weighted by Gasteiger charge is -2.12. The van der Waals surface area contributed by atoms with E-state index in [2.05, 4.69) is 162 Å². The molecule has 0 radical (unpaired) electrons. The van der Waals surface area contributed by atoms with Crippen LogP contribution in [0.5, 0.6) is 0 Å². The highest BCUT2D eigenvalue weighted by molar-refractivity contribution is 7.26. The third kappa shape index (κ3) is 4.71. The van der Waals surface area contributed by atoms with Crippen LogP contribution in [0.4, 0.5) is 0 Å². The van der Waals surface area contributed by atoms with Crippen LogP contribution in [0, 0.1) is 0 Å². The molecule has 0 saturated heterocycles. The van der Waals surface area contributed by atoms with Crippen molar-refractivity contribution in [2.45, 2.75) is 0 Å². The van der Waals surface area contributed by atoms with Crippen molar-refractivity contribution in [2.24, 2.45) is 0 Å². The van der Waals surface area contributed by atoms with Crippen molar-refractivity contribution in [1.82, 2.24) is 19.5 Å². The molecule has 50 heavy (non-hydrogen) atoms. The number of rotatable bonds is 5. The van der Waals surface area contributed by atoms with Crippen LogP contribution >= 0.6 is 11.3 Å². The molecule has 0 bridgehead atoms. The Bertz CT molecular complexity index is 2850. The normalized spacial score (nSPS) is 11.6. The molecule has 0 spiro atoms. The number of nitrogens with zero attached hydrogens (tertiary/aromatic N) is 4. The van der Waals surface area contributed by atoms with Gasteiger partial charge in [-0.3, -0.25) is 4.57 Å². The van der Waals surface area contributed by atoms with Gasteiger partial charge in [0.05, 0.1) is 11.0 Å². The number of benzene rings is 7. The first kappa shape index (κ1) is 28.6. The second kappa shape index (κ2) is 11.6. The lowest BCUT2D eigenvalue weighted by atomic mass is 10.0. The second-order valence-corrected chi connectivity index (χ2v) is 13.5. The Morgan fingerprint density at radius 3 is 1.74 bits per heavy atom. The summed E-state index contributed by atoms with van der Waals surface area (Å²) in [6.07, 6.45) is 0. The number of fused-ring (bicyclic) bond motifs is 7. The molecule has 10 rings (SSSR count). The fourth-order valence-electron chi connectivity index (χ4n) is 7.11. The van der Waals surface area contributed by atoms with Crippen LogP contribution in [-0.4, -0.2) is 19.5 Å². The molecule has 0 aliphatic heterocycles. The van der Waals surface area contributed by atoms with Crippen LogP contribution in [0.1, 0.15) is 0 Å². The van der Waals surface area contributed by atoms with E-state index in [4.69, 9.17) is 15.0 Å². The summed E-state index contributed by atoms with van der Waals surface area (Å²) in [6.45, 7) is 0. The fraction of sp³-hybridized carbons (Fsp3) is 0. The largest absolute Gasteiger partial charge is 0.277 e. The molecule has 3 heterocycles. The molecule has 0 aliphatic rings. The van der Waals surface area contributed by atoms with Crippen LogP contribution in [0.3, 0.4) is 0 Å². The zero-order chi connectivity index (χ0) is 33.0. The highest BCUT2D eigenvalue weighted by Crippen LogP contribution is 2.43. The molecular weight excluding hydrogens is 629 g/mol. The van der Waals surface area contributed by atoms with Gasteiger partial charge in [0, 0.05) is 42.1 Å². The van der Waals surface area contributed by atoms with E-state index in [1.54, 1.807) is 0 Å². The maximum absolute atomic E-state index is 5.29. The Morgan fingerprint density at radius 2 is 0.960 bits per heavy atom. The van der Waals surface area contributed by atoms with E-state index in [-0.39, 0.29) is 0 Å². The van der Waals surface area contributed by atoms with Crippen molar-refractivity contribution in [2.75, 3.05) is 0 Å². The van der Waals surface area contributed by atoms with Gasteiger partial charge in [-0.25, -0.2) is 4.98 Å². The van der Waals surface area contributed by atoms with Crippen molar-refractivity contribution in [3.05, 3.63) is 170 Å². The molecule has 5 heteroatoms. The first-order valence-corrected chi connectivity index (χ1v) is 17.5. The van der Waals surface area contributed by atoms with Crippen LogP contribution in [0.2, 0.25) is 0 Å². The molecule has 0 atom stereocenters. The first-order valence-electron chi connectivity index (χ1n) is 16.7. The van der Waals surface area contributed by atoms with E-state index in [0.29, 0.717) is 17.6 Å². The van der Waals surface area contributed by atoms with Gasteiger partial charge in [0.2, 0.25) is 5.95 Å². The SMILES string of the molecule is c1ccc(-c2ccc(-c3nc(-c4cccc(-c5ccccc5)c4)nc(-n4c5ccccc5c5ccc6sc7ccccc7c6c54)n3)cc2)cc1. The summed E-state index contributed by atoms with van der Waals surface area (Å²) in [5, 5.41) is 4.81. The van der Waals surface area contributed by atoms with Gasteiger partial charge >= 0.3 is 0 Å². The summed E-state index contributed by atoms with van der Waals surface area (Å²) >= 11 is 1.82.